The molecule has 0 spiro atoms. The minimum absolute atomic E-state index is 0.0969. The lowest BCUT2D eigenvalue weighted by Crippen LogP contribution is -2.22. The van der Waals surface area contributed by atoms with E-state index in [1.807, 2.05) is 43.3 Å². The van der Waals surface area contributed by atoms with Crippen molar-refractivity contribution < 1.29 is 19.4 Å². The van der Waals surface area contributed by atoms with Gasteiger partial charge in [-0.15, -0.1) is 11.3 Å². The van der Waals surface area contributed by atoms with E-state index in [4.69, 9.17) is 4.74 Å². The molecule has 1 aromatic heterocycles. The predicted octanol–water partition coefficient (Wildman–Crippen LogP) is 4.39. The molecule has 0 aliphatic carbocycles. The summed E-state index contributed by atoms with van der Waals surface area (Å²) in [6.45, 7) is 3.47. The van der Waals surface area contributed by atoms with Crippen molar-refractivity contribution in [3.8, 4) is 11.1 Å². The Balaban J connectivity index is 2.01. The lowest BCUT2D eigenvalue weighted by atomic mass is 9.87. The molecule has 2 aromatic carbocycles. The molecule has 0 radical (unpaired) electrons. The van der Waals surface area contributed by atoms with Gasteiger partial charge in [-0.3, -0.25) is 9.78 Å². The fraction of sp³-hybridized carbons (Fsp3) is 0.261. The van der Waals surface area contributed by atoms with Crippen molar-refractivity contribution in [3.63, 3.8) is 0 Å². The Morgan fingerprint density at radius 1 is 1.17 bits per heavy atom. The van der Waals surface area contributed by atoms with Gasteiger partial charge in [0.15, 0.2) is 0 Å². The number of aromatic nitrogens is 1. The molecule has 6 heteroatoms. The summed E-state index contributed by atoms with van der Waals surface area (Å²) < 4.78 is 4.95. The smallest absolute Gasteiger partial charge is 0.338 e. The molecule has 0 bridgehead atoms. The van der Waals surface area contributed by atoms with Gasteiger partial charge >= 0.3 is 5.97 Å². The first-order valence-corrected chi connectivity index (χ1v) is 10.1. The van der Waals surface area contributed by atoms with Crippen LogP contribution in [0.1, 0.15) is 39.4 Å². The third kappa shape index (κ3) is 4.60. The van der Waals surface area contributed by atoms with Gasteiger partial charge < -0.3 is 9.84 Å². The number of hydrogen-bond donors (Lipinski definition) is 1. The van der Waals surface area contributed by atoms with E-state index >= 15 is 0 Å². The number of aryl methyl sites for hydroxylation is 1. The summed E-state index contributed by atoms with van der Waals surface area (Å²) in [4.78, 5) is 29.2. The summed E-state index contributed by atoms with van der Waals surface area (Å²) >= 11 is 1.32. The van der Waals surface area contributed by atoms with Gasteiger partial charge in [-0.05, 0) is 48.6 Å². The number of carbonyl (C=O) groups excluding carboxylic acids is 2. The molecule has 0 saturated carbocycles. The molecule has 0 aliphatic heterocycles. The number of benzene rings is 2. The minimum Gasteiger partial charge on any atom is -0.465 e. The molecule has 0 saturated heterocycles. The Bertz CT molecular complexity index is 1010. The number of esters is 1. The van der Waals surface area contributed by atoms with E-state index in [1.54, 1.807) is 17.8 Å². The average molecular weight is 410 g/mol. The van der Waals surface area contributed by atoms with Crippen LogP contribution in [0.15, 0.2) is 54.2 Å². The largest absolute Gasteiger partial charge is 0.465 e. The molecule has 1 heterocycles. The molecule has 2 unspecified atom stereocenters. The highest BCUT2D eigenvalue weighted by atomic mass is 32.1. The van der Waals surface area contributed by atoms with Crippen LogP contribution in [0.4, 0.5) is 0 Å². The van der Waals surface area contributed by atoms with Crippen molar-refractivity contribution in [2.24, 2.45) is 5.92 Å². The van der Waals surface area contributed by atoms with Crippen LogP contribution in [-0.2, 0) is 16.0 Å². The van der Waals surface area contributed by atoms with E-state index in [2.05, 4.69) is 4.98 Å². The molecule has 1 N–H and O–H groups in total. The Morgan fingerprint density at radius 3 is 2.55 bits per heavy atom. The van der Waals surface area contributed by atoms with E-state index in [1.165, 1.54) is 25.4 Å². The van der Waals surface area contributed by atoms with Gasteiger partial charge in [-0.2, -0.15) is 0 Å². The number of hydrogen-bond acceptors (Lipinski definition) is 6. The van der Waals surface area contributed by atoms with Crippen LogP contribution in [0.3, 0.4) is 0 Å². The maximum atomic E-state index is 12.3. The number of ether oxygens (including phenoxy) is 1. The van der Waals surface area contributed by atoms with Crippen LogP contribution in [0.2, 0.25) is 0 Å². The van der Waals surface area contributed by atoms with Crippen molar-refractivity contribution in [1.82, 2.24) is 4.98 Å². The first-order valence-electron chi connectivity index (χ1n) is 9.26. The third-order valence-electron chi connectivity index (χ3n) is 5.03. The maximum Gasteiger partial charge on any atom is 0.338 e. The van der Waals surface area contributed by atoms with Crippen LogP contribution in [0.25, 0.3) is 11.1 Å². The molecular weight excluding hydrogens is 386 g/mol. The molecule has 29 heavy (non-hydrogen) atoms. The maximum absolute atomic E-state index is 12.3. The van der Waals surface area contributed by atoms with Crippen LogP contribution in [0, 0.1) is 12.8 Å². The number of aliphatic hydroxyl groups excluding tert-OH is 1. The van der Waals surface area contributed by atoms with Crippen LogP contribution < -0.4 is 0 Å². The highest BCUT2D eigenvalue weighted by Gasteiger charge is 2.27. The Morgan fingerprint density at radius 2 is 1.93 bits per heavy atom. The van der Waals surface area contributed by atoms with E-state index in [-0.39, 0.29) is 5.78 Å². The van der Waals surface area contributed by atoms with Crippen molar-refractivity contribution in [2.45, 2.75) is 26.4 Å². The quantitative estimate of drug-likeness (QED) is 0.586. The van der Waals surface area contributed by atoms with Crippen molar-refractivity contribution in [2.75, 3.05) is 7.11 Å². The molecule has 150 valence electrons. The summed E-state index contributed by atoms with van der Waals surface area (Å²) in [5, 5.41) is 10.7. The number of ketones is 1. The fourth-order valence-corrected chi connectivity index (χ4v) is 4.07. The monoisotopic (exact) mass is 409 g/mol. The predicted molar refractivity (Wildman–Crippen MR) is 113 cm³/mol. The van der Waals surface area contributed by atoms with Crippen LogP contribution >= 0.6 is 11.3 Å². The van der Waals surface area contributed by atoms with Gasteiger partial charge in [0.05, 0.1) is 35.1 Å². The number of rotatable bonds is 7. The van der Waals surface area contributed by atoms with E-state index in [0.717, 1.165) is 22.3 Å². The molecule has 0 aliphatic rings. The Labute approximate surface area is 174 Å². The average Bonchev–Trinajstić information content (AvgIpc) is 3.26. The standard InChI is InChI=1S/C23H23NO4S/c1-14-6-4-5-7-17(14)20-11-16(8-9-18(20)23(27)28-3)10-19(15(2)25)22(26)21-12-24-13-29-21/h4-9,11-13,19,22,26H,10H2,1-3H3. The van der Waals surface area contributed by atoms with Gasteiger partial charge in [0.2, 0.25) is 0 Å². The van der Waals surface area contributed by atoms with Gasteiger partial charge in [0, 0.05) is 6.20 Å². The van der Waals surface area contributed by atoms with Crippen molar-refractivity contribution in [1.29, 1.82) is 0 Å². The van der Waals surface area contributed by atoms with E-state index < -0.39 is 18.0 Å². The molecule has 5 nitrogen and oxygen atoms in total. The SMILES string of the molecule is COC(=O)c1ccc(CC(C(C)=O)C(O)c2cncs2)cc1-c1ccccc1C. The Kier molecular flexibility index (Phi) is 6.56. The second-order valence-corrected chi connectivity index (χ2v) is 7.87. The summed E-state index contributed by atoms with van der Waals surface area (Å²) in [5.41, 5.74) is 5.67. The Hall–Kier alpha value is -2.83. The summed E-state index contributed by atoms with van der Waals surface area (Å²) in [6, 6.07) is 13.2. The van der Waals surface area contributed by atoms with E-state index in [9.17, 15) is 14.7 Å². The summed E-state index contributed by atoms with van der Waals surface area (Å²) in [5.74, 6) is -1.10. The summed E-state index contributed by atoms with van der Waals surface area (Å²) in [7, 11) is 1.36. The number of carbonyl (C=O) groups is 2. The molecular formula is C23H23NO4S. The number of aliphatic hydroxyl groups is 1. The number of nitrogens with zero attached hydrogens (tertiary/aromatic N) is 1. The van der Waals surface area contributed by atoms with E-state index in [0.29, 0.717) is 16.9 Å². The van der Waals surface area contributed by atoms with Gasteiger partial charge in [0.1, 0.15) is 5.78 Å². The molecule has 2 atom stereocenters. The van der Waals surface area contributed by atoms with Gasteiger partial charge in [-0.1, -0.05) is 36.4 Å². The number of thiazole rings is 1. The van der Waals surface area contributed by atoms with Gasteiger partial charge in [-0.25, -0.2) is 4.79 Å². The zero-order chi connectivity index (χ0) is 21.0. The second kappa shape index (κ2) is 9.11. The van der Waals surface area contributed by atoms with Crippen molar-refractivity contribution in [3.05, 3.63) is 75.7 Å². The zero-order valence-electron chi connectivity index (χ0n) is 16.6. The van der Waals surface area contributed by atoms with Crippen LogP contribution in [-0.4, -0.2) is 29.0 Å². The zero-order valence-corrected chi connectivity index (χ0v) is 17.4. The third-order valence-corrected chi connectivity index (χ3v) is 5.87. The highest BCUT2D eigenvalue weighted by Crippen LogP contribution is 2.32. The highest BCUT2D eigenvalue weighted by molar-refractivity contribution is 7.09. The summed E-state index contributed by atoms with van der Waals surface area (Å²) in [6.07, 6.45) is 1.03. The number of methoxy groups -OCH3 is 1. The first kappa shape index (κ1) is 20.9. The topological polar surface area (TPSA) is 76.5 Å². The lowest BCUT2D eigenvalue weighted by Gasteiger charge is -2.20. The fourth-order valence-electron chi connectivity index (χ4n) is 3.41. The van der Waals surface area contributed by atoms with Crippen molar-refractivity contribution >= 4 is 23.1 Å². The molecule has 0 amide bonds. The van der Waals surface area contributed by atoms with Crippen LogP contribution in [0.5, 0.6) is 0 Å². The minimum atomic E-state index is -0.915. The van der Waals surface area contributed by atoms with Gasteiger partial charge in [0.25, 0.3) is 0 Å². The lowest BCUT2D eigenvalue weighted by molar-refractivity contribution is -0.124. The first-order chi connectivity index (χ1) is 13.9. The number of Topliss-reactive ketones (excluding diaryl/α,β-unsaturated/α-hetero) is 1. The molecule has 0 fully saturated rings. The molecule has 3 aromatic rings. The second-order valence-electron chi connectivity index (χ2n) is 6.96. The normalized spacial score (nSPS) is 13.0. The molecule has 3 rings (SSSR count).